The molecule has 39 heavy (non-hydrogen) atoms. The summed E-state index contributed by atoms with van der Waals surface area (Å²) in [7, 11) is 6.95. The summed E-state index contributed by atoms with van der Waals surface area (Å²) in [6.45, 7) is 5.72. The Hall–Kier alpha value is -2.86. The smallest absolute Gasteiger partial charge is 0.225 e. The predicted octanol–water partition coefficient (Wildman–Crippen LogP) is 0.00460. The lowest BCUT2D eigenvalue weighted by Gasteiger charge is -2.49. The van der Waals surface area contributed by atoms with Crippen LogP contribution in [0.5, 0.6) is 5.75 Å². The number of carbonyl (C=O) groups is 4. The number of amides is 1. The molecule has 1 aromatic carbocycles. The molecule has 6 N–H and O–H groups in total. The van der Waals surface area contributed by atoms with Gasteiger partial charge in [-0.3, -0.25) is 19.2 Å². The number of nitrogens with zero attached hydrogens (tertiary/aromatic N) is 2. The van der Waals surface area contributed by atoms with Crippen LogP contribution in [0.25, 0.3) is 0 Å². The molecule has 3 rings (SSSR count). The van der Waals surface area contributed by atoms with Gasteiger partial charge in [0.15, 0.2) is 23.0 Å². The molecule has 2 aliphatic rings. The molecule has 0 aliphatic heterocycles. The van der Waals surface area contributed by atoms with Crippen LogP contribution in [-0.2, 0) is 27.3 Å². The fourth-order valence-corrected chi connectivity index (χ4v) is 6.06. The van der Waals surface area contributed by atoms with Crippen LogP contribution in [0.4, 0.5) is 5.69 Å². The third kappa shape index (κ3) is 5.58. The molecular formula is C28H42N4O7. The van der Waals surface area contributed by atoms with Crippen molar-refractivity contribution < 1.29 is 34.5 Å². The third-order valence-corrected chi connectivity index (χ3v) is 8.05. The number of carbonyl (C=O) groups excluding carboxylic acids is 4. The van der Waals surface area contributed by atoms with Crippen molar-refractivity contribution in [2.75, 3.05) is 39.7 Å². The molecular weight excluding hydrogens is 504 g/mol. The Labute approximate surface area is 229 Å². The first-order valence-electron chi connectivity index (χ1n) is 13.2. The maximum Gasteiger partial charge on any atom is 0.225 e. The highest BCUT2D eigenvalue weighted by atomic mass is 16.3. The largest absolute Gasteiger partial charge is 0.507 e. The Morgan fingerprint density at radius 2 is 1.82 bits per heavy atom. The maximum absolute atomic E-state index is 14.0. The number of phenols is 1. The van der Waals surface area contributed by atoms with Crippen molar-refractivity contribution in [3.05, 3.63) is 22.8 Å². The van der Waals surface area contributed by atoms with Crippen molar-refractivity contribution in [2.24, 2.45) is 23.5 Å². The number of fused-ring (bicyclic) bond motifs is 2. The van der Waals surface area contributed by atoms with Gasteiger partial charge in [0, 0.05) is 49.4 Å². The highest BCUT2D eigenvalue weighted by Crippen LogP contribution is 2.50. The van der Waals surface area contributed by atoms with Crippen LogP contribution < -0.4 is 16.0 Å². The number of nitrogens with one attached hydrogen (secondary N) is 1. The first kappa shape index (κ1) is 30.7. The summed E-state index contributed by atoms with van der Waals surface area (Å²) < 4.78 is 0. The first-order valence-corrected chi connectivity index (χ1v) is 13.2. The number of likely N-dealkylation sites (N-methyl/N-ethyl adjacent to an activating group) is 1. The fraction of sp³-hybridized carbons (Fsp3) is 0.643. The van der Waals surface area contributed by atoms with Crippen LogP contribution in [0.15, 0.2) is 6.07 Å². The van der Waals surface area contributed by atoms with Crippen LogP contribution in [-0.4, -0.2) is 95.5 Å². The Kier molecular flexibility index (Phi) is 8.62. The van der Waals surface area contributed by atoms with Gasteiger partial charge in [0.1, 0.15) is 5.75 Å². The standard InChI is InChI=1S/C28H42N4O7/c1-27(2,3)30-12-15-10-18(31(4)5)16-8-14-9-17(19(13-33)32(6)7)28(39,20(34)11-21(29)35)26(38)22(14)25(37)23(16)24(15)36/h10,14,17,19,22,30,33,36,39H,8-9,11-13H2,1-7H3,(H2,29,35)/t14-,17-,19?,22?,28+/m0/s1. The lowest BCUT2D eigenvalue weighted by molar-refractivity contribution is -0.171. The zero-order chi connectivity index (χ0) is 29.6. The second-order valence-corrected chi connectivity index (χ2v) is 12.3. The second kappa shape index (κ2) is 11.0. The first-order chi connectivity index (χ1) is 17.9. The number of ketones is 3. The normalized spacial score (nSPS) is 25.7. The van der Waals surface area contributed by atoms with Gasteiger partial charge in [-0.15, -0.1) is 0 Å². The van der Waals surface area contributed by atoms with E-state index in [0.29, 0.717) is 11.1 Å². The average Bonchev–Trinajstić information content (AvgIpc) is 2.80. The van der Waals surface area contributed by atoms with E-state index in [9.17, 15) is 34.5 Å². The van der Waals surface area contributed by atoms with Crippen LogP contribution in [0.1, 0.15) is 55.1 Å². The molecule has 1 saturated carbocycles. The van der Waals surface area contributed by atoms with Gasteiger partial charge >= 0.3 is 0 Å². The number of Topliss-reactive ketones (excluding diaryl/α,β-unsaturated/α-hetero) is 3. The van der Waals surface area contributed by atoms with E-state index >= 15 is 0 Å². The SMILES string of the molecule is CN(C)c1cc(CNC(C)(C)C)c(O)c2c1C[C@H]1C[C@@H](C(CO)N(C)C)[C@@](O)(C(=O)CC(N)=O)C(=O)C1C2=O. The zero-order valence-electron chi connectivity index (χ0n) is 23.9. The van der Waals surface area contributed by atoms with Gasteiger partial charge in [0.25, 0.3) is 0 Å². The Balaban J connectivity index is 2.20. The fourth-order valence-electron chi connectivity index (χ4n) is 6.06. The molecule has 11 heteroatoms. The molecule has 0 bridgehead atoms. The van der Waals surface area contributed by atoms with E-state index in [1.165, 1.54) is 0 Å². The van der Waals surface area contributed by atoms with Gasteiger partial charge in [0.2, 0.25) is 5.91 Å². The van der Waals surface area contributed by atoms with Crippen molar-refractivity contribution in [2.45, 2.75) is 63.8 Å². The van der Waals surface area contributed by atoms with Crippen LogP contribution in [0.2, 0.25) is 0 Å². The van der Waals surface area contributed by atoms with Crippen molar-refractivity contribution >= 4 is 28.9 Å². The zero-order valence-corrected chi connectivity index (χ0v) is 23.9. The second-order valence-electron chi connectivity index (χ2n) is 12.3. The lowest BCUT2D eigenvalue weighted by atomic mass is 9.56. The van der Waals surface area contributed by atoms with E-state index in [1.807, 2.05) is 45.8 Å². The van der Waals surface area contributed by atoms with Gasteiger partial charge in [0.05, 0.1) is 24.5 Å². The van der Waals surface area contributed by atoms with Gasteiger partial charge in [-0.05, 0) is 65.3 Å². The van der Waals surface area contributed by atoms with Crippen LogP contribution in [0.3, 0.4) is 0 Å². The minimum atomic E-state index is -2.70. The van der Waals surface area contributed by atoms with Crippen LogP contribution >= 0.6 is 0 Å². The van der Waals surface area contributed by atoms with Crippen molar-refractivity contribution in [3.63, 3.8) is 0 Å². The topological polar surface area (TPSA) is 174 Å². The molecule has 0 radical (unpaired) electrons. The van der Waals surface area contributed by atoms with E-state index in [-0.39, 0.29) is 36.2 Å². The number of primary amides is 1. The summed E-state index contributed by atoms with van der Waals surface area (Å²) in [6, 6.07) is 1.02. The van der Waals surface area contributed by atoms with Crippen molar-refractivity contribution in [1.29, 1.82) is 0 Å². The maximum atomic E-state index is 14.0. The van der Waals surface area contributed by atoms with E-state index < -0.39 is 65.7 Å². The lowest BCUT2D eigenvalue weighted by Crippen LogP contribution is -2.67. The number of rotatable bonds is 9. The highest BCUT2D eigenvalue weighted by Gasteiger charge is 2.62. The summed E-state index contributed by atoms with van der Waals surface area (Å²) in [5, 5.41) is 36.5. The molecule has 1 aromatic rings. The molecule has 0 aromatic heterocycles. The molecule has 0 saturated heterocycles. The minimum absolute atomic E-state index is 0.0102. The molecule has 216 valence electrons. The number of aliphatic hydroxyl groups is 2. The molecule has 2 aliphatic carbocycles. The van der Waals surface area contributed by atoms with Crippen molar-refractivity contribution in [3.8, 4) is 5.75 Å². The molecule has 0 heterocycles. The Bertz CT molecular complexity index is 1170. The number of benzene rings is 1. The number of hydrogen-bond acceptors (Lipinski definition) is 10. The Morgan fingerprint density at radius 1 is 1.21 bits per heavy atom. The molecule has 11 nitrogen and oxygen atoms in total. The summed E-state index contributed by atoms with van der Waals surface area (Å²) in [5.41, 5.74) is 4.06. The molecule has 0 spiro atoms. The molecule has 1 fully saturated rings. The minimum Gasteiger partial charge on any atom is -0.507 e. The van der Waals surface area contributed by atoms with Gasteiger partial charge in [-0.1, -0.05) is 0 Å². The van der Waals surface area contributed by atoms with E-state index in [2.05, 4.69) is 5.32 Å². The Morgan fingerprint density at radius 3 is 2.31 bits per heavy atom. The van der Waals surface area contributed by atoms with E-state index in [0.717, 1.165) is 5.69 Å². The average molecular weight is 547 g/mol. The monoisotopic (exact) mass is 546 g/mol. The molecule has 2 unspecified atom stereocenters. The van der Waals surface area contributed by atoms with Gasteiger partial charge < -0.3 is 36.2 Å². The van der Waals surface area contributed by atoms with Gasteiger partial charge in [-0.2, -0.15) is 0 Å². The number of aliphatic hydroxyl groups excluding tert-OH is 1. The van der Waals surface area contributed by atoms with Gasteiger partial charge in [-0.25, -0.2) is 0 Å². The summed E-state index contributed by atoms with van der Waals surface area (Å²) in [5.74, 6) is -7.11. The number of hydrogen-bond donors (Lipinski definition) is 5. The number of anilines is 1. The highest BCUT2D eigenvalue weighted by molar-refractivity contribution is 6.24. The van der Waals surface area contributed by atoms with Crippen molar-refractivity contribution in [1.82, 2.24) is 10.2 Å². The number of nitrogens with two attached hydrogens (primary N) is 1. The van der Waals surface area contributed by atoms with E-state index in [4.69, 9.17) is 5.73 Å². The van der Waals surface area contributed by atoms with E-state index in [1.54, 1.807) is 19.0 Å². The van der Waals surface area contributed by atoms with Crippen LogP contribution in [0, 0.1) is 17.8 Å². The molecule has 5 atom stereocenters. The summed E-state index contributed by atoms with van der Waals surface area (Å²) >= 11 is 0. The third-order valence-electron chi connectivity index (χ3n) is 8.05. The number of aromatic hydroxyl groups is 1. The summed E-state index contributed by atoms with van der Waals surface area (Å²) in [6.07, 6.45) is -0.578. The molecule has 1 amide bonds. The predicted molar refractivity (Wildman–Crippen MR) is 145 cm³/mol. The quantitative estimate of drug-likeness (QED) is 0.265. The summed E-state index contributed by atoms with van der Waals surface area (Å²) in [4.78, 5) is 56.3. The number of phenolic OH excluding ortho intramolecular Hbond substituents is 1.